The third-order valence-corrected chi connectivity index (χ3v) is 22.3. The second-order valence-corrected chi connectivity index (χ2v) is 25.9. The molecule has 0 aliphatic carbocycles. The summed E-state index contributed by atoms with van der Waals surface area (Å²) < 4.78 is 417. The molecule has 8 aromatic carbocycles. The van der Waals surface area contributed by atoms with Crippen LogP contribution in [0.2, 0.25) is 0 Å². The van der Waals surface area contributed by atoms with E-state index in [-0.39, 0.29) is 0 Å². The zero-order valence-electron chi connectivity index (χ0n) is 41.4. The molecule has 8 rings (SSSR count). The van der Waals surface area contributed by atoms with E-state index in [0.717, 1.165) is 0 Å². The molecule has 0 amide bonds. The Kier molecular flexibility index (Phi) is 15.4. The minimum absolute atomic E-state index is 0.704. The summed E-state index contributed by atoms with van der Waals surface area (Å²) >= 11 is -9.83. The van der Waals surface area contributed by atoms with Gasteiger partial charge in [0.25, 0.3) is 0 Å². The van der Waals surface area contributed by atoms with Crippen molar-refractivity contribution in [2.75, 3.05) is 0 Å². The van der Waals surface area contributed by atoms with Crippen LogP contribution in [0.15, 0.2) is 0 Å². The predicted octanol–water partition coefficient (Wildman–Crippen LogP) is 13.7. The summed E-state index contributed by atoms with van der Waals surface area (Å²) in [5.41, 5.74) is 0. The molecule has 81 heavy (non-hydrogen) atoms. The maximum atomic E-state index is 17.9. The Morgan fingerprint density at radius 2 is 0.309 bits per heavy atom. The van der Waals surface area contributed by atoms with Crippen molar-refractivity contribution in [1.29, 1.82) is 0 Å². The van der Waals surface area contributed by atoms with E-state index in [1.165, 1.54) is 0 Å². The maximum absolute atomic E-state index is 17.9. The third-order valence-electron chi connectivity index (χ3n) is 11.7. The van der Waals surface area contributed by atoms with Gasteiger partial charge in [-0.2, -0.15) is 0 Å². The first-order valence-corrected chi connectivity index (χ1v) is 27.0. The normalized spacial score (nSPS) is 12.6. The Hall–Kier alpha value is -6.95. The molecule has 0 saturated heterocycles. The molecule has 0 N–H and O–H groups in total. The molecule has 0 heterocycles. The predicted molar refractivity (Wildman–Crippen MR) is 233 cm³/mol. The van der Waals surface area contributed by atoms with Gasteiger partial charge in [-0.05, 0) is 0 Å². The number of halogens is 25. The average molecular weight is 1300 g/mol. The van der Waals surface area contributed by atoms with Gasteiger partial charge in [-0.1, -0.05) is 0 Å². The molecule has 0 bridgehead atoms. The van der Waals surface area contributed by atoms with Crippen molar-refractivity contribution in [3.8, 4) is 23.0 Å². The molecule has 0 aliphatic rings. The van der Waals surface area contributed by atoms with Gasteiger partial charge < -0.3 is 0 Å². The molecule has 0 unspecified atom stereocenters. The Labute approximate surface area is 441 Å². The molecule has 0 atom stereocenters. The first kappa shape index (κ1) is 60.2. The van der Waals surface area contributed by atoms with E-state index in [4.69, 9.17) is 18.9 Å². The van der Waals surface area contributed by atoms with E-state index in [1.54, 1.807) is 0 Å². The third kappa shape index (κ3) is 8.44. The summed E-state index contributed by atoms with van der Waals surface area (Å²) in [4.78, 5) is 0. The van der Waals surface area contributed by atoms with Crippen LogP contribution in [-0.4, -0.2) is 24.4 Å². The van der Waals surface area contributed by atoms with E-state index in [9.17, 15) is 0 Å². The fourth-order valence-electron chi connectivity index (χ4n) is 8.86. The second kappa shape index (κ2) is 20.8. The Morgan fingerprint density at radius 1 is 0.185 bits per heavy atom. The molecule has 8 aromatic rings. The monoisotopic (exact) mass is 1300 g/mol. The Bertz CT molecular complexity index is 3570. The van der Waals surface area contributed by atoms with Crippen molar-refractivity contribution < 1.29 is 143 Å². The van der Waals surface area contributed by atoms with Crippen LogP contribution < -0.4 is 37.4 Å². The van der Waals surface area contributed by atoms with Gasteiger partial charge in [-0.25, -0.2) is 0 Å². The molecule has 0 fully saturated rings. The van der Waals surface area contributed by atoms with Crippen molar-refractivity contribution in [2.45, 2.75) is 79.8 Å². The zero-order valence-corrected chi connectivity index (χ0v) is 43.5. The fourth-order valence-corrected chi connectivity index (χ4v) is 21.8. The van der Waals surface area contributed by atoms with Gasteiger partial charge in [0.05, 0.1) is 0 Å². The van der Waals surface area contributed by atoms with Crippen molar-refractivity contribution in [3.05, 3.63) is 154 Å². The molecular formula is C52H28F24IO4-. The van der Waals surface area contributed by atoms with E-state index in [1.807, 2.05) is 0 Å². The molecule has 0 radical (unpaired) electrons. The molecule has 29 heteroatoms. The van der Waals surface area contributed by atoms with Gasteiger partial charge in [0.1, 0.15) is 0 Å². The van der Waals surface area contributed by atoms with Crippen LogP contribution in [0.4, 0.5) is 105 Å². The minimum atomic E-state index is -9.83. The van der Waals surface area contributed by atoms with E-state index >= 15 is 105 Å². The van der Waals surface area contributed by atoms with Gasteiger partial charge in [0.2, 0.25) is 0 Å². The van der Waals surface area contributed by atoms with Crippen molar-refractivity contribution in [3.63, 3.8) is 0 Å². The zero-order chi connectivity index (χ0) is 60.7. The Balaban J connectivity index is 2.17. The van der Waals surface area contributed by atoms with Gasteiger partial charge in [-0.15, -0.1) is 0 Å². The van der Waals surface area contributed by atoms with E-state index in [0.29, 0.717) is 55.4 Å². The van der Waals surface area contributed by atoms with Crippen molar-refractivity contribution in [2.24, 2.45) is 0 Å². The van der Waals surface area contributed by atoms with Crippen LogP contribution in [0.3, 0.4) is 0 Å². The number of benzene rings is 8. The summed E-state index contributed by atoms with van der Waals surface area (Å²) in [6.07, 6.45) is -8.38. The first-order chi connectivity index (χ1) is 37.6. The SMILES string of the molecule is CC(C)Oc1c(F)c(F)c2c(F)c(F)c(F)c(F)c2c1[I-](c1c(OC(C)C)c(F)c(F)c2c(F)c(F)c(F)c(F)c12)(c1c(OC(C)C)c(F)c(F)c2c(F)c(F)c(F)c(F)c12)c1c(OC(C)C)c(F)c(F)c2c(F)c(F)c(F)c(F)c12. The molecule has 0 spiro atoms. The second-order valence-electron chi connectivity index (χ2n) is 18.3. The molecule has 0 aliphatic heterocycles. The Morgan fingerprint density at radius 3 is 0.444 bits per heavy atom. The molecule has 4 nitrogen and oxygen atoms in total. The first-order valence-electron chi connectivity index (χ1n) is 22.7. The summed E-state index contributed by atoms with van der Waals surface area (Å²) in [5, 5.41) is -22.3. The molecule has 0 saturated carbocycles. The fraction of sp³-hybridized carbons (Fsp3) is 0.231. The number of hydrogen-bond donors (Lipinski definition) is 0. The van der Waals surface area contributed by atoms with E-state index < -0.39 is 263 Å². The van der Waals surface area contributed by atoms with Gasteiger partial charge >= 0.3 is 443 Å². The molecular weight excluding hydrogens is 1270 g/mol. The number of hydrogen-bond acceptors (Lipinski definition) is 4. The topological polar surface area (TPSA) is 36.9 Å². The van der Waals surface area contributed by atoms with Crippen molar-refractivity contribution in [1.82, 2.24) is 0 Å². The summed E-state index contributed by atoms with van der Waals surface area (Å²) in [7, 11) is 0. The van der Waals surface area contributed by atoms with Crippen LogP contribution in [0.1, 0.15) is 55.4 Å². The average Bonchev–Trinajstić information content (AvgIpc) is 3.43. The summed E-state index contributed by atoms with van der Waals surface area (Å²) in [6.45, 7) is 5.63. The standard InChI is InChI=1S/C52H28F24IO4/c1-9(2)78-49-41(73)25(57)13-17(29(61)37(69)33(65)21(13)53)45(49)77(46-18-14(22(54)34(66)38(70)30(18)62)26(58)42(74)50(46)79-10(3)4,47-19-15(23(55)35(67)39(71)31(19)63)27(59)43(75)51(47)80-11(5)6)48-20-16(24(56)36(68)40(72)32(20)64)28(60)44(76)52(48)81-12(7)8/h9-12H,1-8H3/q-1. The number of fused-ring (bicyclic) bond motifs is 4. The number of ether oxygens (including phenoxy) is 4. The van der Waals surface area contributed by atoms with Gasteiger partial charge in [-0.3, -0.25) is 0 Å². The van der Waals surface area contributed by atoms with Crippen LogP contribution >= 0.6 is 0 Å². The van der Waals surface area contributed by atoms with Gasteiger partial charge in [0, 0.05) is 0 Å². The van der Waals surface area contributed by atoms with Crippen LogP contribution in [0, 0.1) is 154 Å². The summed E-state index contributed by atoms with van der Waals surface area (Å²) in [5.74, 6) is -87.2. The molecule has 0 aromatic heterocycles. The summed E-state index contributed by atoms with van der Waals surface area (Å²) in [6, 6.07) is 0. The van der Waals surface area contributed by atoms with Gasteiger partial charge in [0.15, 0.2) is 0 Å². The van der Waals surface area contributed by atoms with Crippen LogP contribution in [0.5, 0.6) is 23.0 Å². The van der Waals surface area contributed by atoms with E-state index in [2.05, 4.69) is 0 Å². The molecule has 436 valence electrons. The quantitative estimate of drug-likeness (QED) is 0.0529. The van der Waals surface area contributed by atoms with Crippen LogP contribution in [-0.2, 0) is 0 Å². The number of rotatable bonds is 12. The van der Waals surface area contributed by atoms with Crippen LogP contribution in [0.25, 0.3) is 43.1 Å². The van der Waals surface area contributed by atoms with Crippen molar-refractivity contribution >= 4 is 43.1 Å².